The maximum atomic E-state index is 12.5. The third kappa shape index (κ3) is 3.72. The van der Waals surface area contributed by atoms with Crippen LogP contribution < -0.4 is 5.32 Å². The molecule has 24 heavy (non-hydrogen) atoms. The van der Waals surface area contributed by atoms with Crippen LogP contribution in [0.3, 0.4) is 0 Å². The normalized spacial score (nSPS) is 10.5. The summed E-state index contributed by atoms with van der Waals surface area (Å²) >= 11 is 2.65. The van der Waals surface area contributed by atoms with E-state index in [0.717, 1.165) is 5.69 Å². The number of esters is 1. The fourth-order valence-electron chi connectivity index (χ4n) is 2.13. The number of thiazole rings is 1. The van der Waals surface area contributed by atoms with Gasteiger partial charge in [-0.2, -0.15) is 0 Å². The summed E-state index contributed by atoms with van der Waals surface area (Å²) in [7, 11) is 0. The number of aromatic nitrogens is 2. The zero-order valence-electron chi connectivity index (χ0n) is 12.9. The van der Waals surface area contributed by atoms with Gasteiger partial charge in [-0.15, -0.1) is 22.7 Å². The average Bonchev–Trinajstić information content (AvgIpc) is 3.28. The summed E-state index contributed by atoms with van der Waals surface area (Å²) in [6.07, 6.45) is 3.88. The first kappa shape index (κ1) is 16.4. The number of ether oxygens (including phenoxy) is 1. The van der Waals surface area contributed by atoms with Crippen LogP contribution in [0.15, 0.2) is 41.4 Å². The van der Waals surface area contributed by atoms with Gasteiger partial charge < -0.3 is 9.30 Å². The monoisotopic (exact) mass is 361 g/mol. The van der Waals surface area contributed by atoms with E-state index in [1.807, 2.05) is 40.5 Å². The SMILES string of the molecule is CCOC(=O)Cc1csc(NC(=O)c2sccc2-n2cccc2)n1. The summed E-state index contributed by atoms with van der Waals surface area (Å²) in [4.78, 5) is 28.8. The fourth-order valence-corrected chi connectivity index (χ4v) is 3.62. The van der Waals surface area contributed by atoms with Gasteiger partial charge in [0.1, 0.15) is 4.88 Å². The van der Waals surface area contributed by atoms with Gasteiger partial charge in [0.2, 0.25) is 0 Å². The van der Waals surface area contributed by atoms with Crippen LogP contribution in [0.1, 0.15) is 22.3 Å². The van der Waals surface area contributed by atoms with Crippen LogP contribution in [-0.2, 0) is 16.0 Å². The van der Waals surface area contributed by atoms with Gasteiger partial charge in [0.15, 0.2) is 5.13 Å². The first-order chi connectivity index (χ1) is 11.7. The molecule has 0 atom stereocenters. The third-order valence-corrected chi connectivity index (χ3v) is 4.85. The van der Waals surface area contributed by atoms with E-state index >= 15 is 0 Å². The standard InChI is InChI=1S/C16H15N3O3S2/c1-2-22-13(20)9-11-10-24-16(17-11)18-15(21)14-12(5-8-23-14)19-6-3-4-7-19/h3-8,10H,2,9H2,1H3,(H,17,18,21). The molecule has 0 aliphatic heterocycles. The number of hydrogen-bond donors (Lipinski definition) is 1. The van der Waals surface area contributed by atoms with Crippen molar-refractivity contribution in [2.45, 2.75) is 13.3 Å². The first-order valence-electron chi connectivity index (χ1n) is 7.29. The van der Waals surface area contributed by atoms with Crippen molar-refractivity contribution in [1.29, 1.82) is 0 Å². The lowest BCUT2D eigenvalue weighted by atomic mass is 10.3. The van der Waals surface area contributed by atoms with Crippen LogP contribution in [-0.4, -0.2) is 28.0 Å². The molecule has 3 aromatic heterocycles. The molecule has 0 spiro atoms. The summed E-state index contributed by atoms with van der Waals surface area (Å²) in [5.41, 5.74) is 1.41. The predicted molar refractivity (Wildman–Crippen MR) is 94.1 cm³/mol. The highest BCUT2D eigenvalue weighted by molar-refractivity contribution is 7.14. The van der Waals surface area contributed by atoms with E-state index in [0.29, 0.717) is 22.3 Å². The Kier molecular flexibility index (Phi) is 5.07. The molecule has 124 valence electrons. The predicted octanol–water partition coefficient (Wildman–Crippen LogP) is 3.35. The van der Waals surface area contributed by atoms with Crippen molar-refractivity contribution in [2.75, 3.05) is 11.9 Å². The summed E-state index contributed by atoms with van der Waals surface area (Å²) in [6, 6.07) is 5.71. The molecule has 3 aromatic rings. The molecule has 0 aromatic carbocycles. The Morgan fingerprint density at radius 2 is 2.08 bits per heavy atom. The second-order valence-corrected chi connectivity index (χ2v) is 6.58. The van der Waals surface area contributed by atoms with Crippen LogP contribution in [0.2, 0.25) is 0 Å². The Hall–Kier alpha value is -2.45. The minimum Gasteiger partial charge on any atom is -0.466 e. The van der Waals surface area contributed by atoms with Gasteiger partial charge in [0.25, 0.3) is 5.91 Å². The number of nitrogens with one attached hydrogen (secondary N) is 1. The van der Waals surface area contributed by atoms with Gasteiger partial charge in [-0.05, 0) is 30.5 Å². The van der Waals surface area contributed by atoms with E-state index < -0.39 is 0 Å². The van der Waals surface area contributed by atoms with Crippen LogP contribution in [0.5, 0.6) is 0 Å². The van der Waals surface area contributed by atoms with Crippen LogP contribution in [0.4, 0.5) is 5.13 Å². The Bertz CT molecular complexity index is 837. The number of rotatable bonds is 6. The molecule has 0 bridgehead atoms. The van der Waals surface area contributed by atoms with Crippen LogP contribution in [0, 0.1) is 0 Å². The Morgan fingerprint density at radius 1 is 1.29 bits per heavy atom. The Morgan fingerprint density at radius 3 is 2.83 bits per heavy atom. The molecular formula is C16H15N3O3S2. The lowest BCUT2D eigenvalue weighted by molar-refractivity contribution is -0.142. The second kappa shape index (κ2) is 7.41. The van der Waals surface area contributed by atoms with Crippen molar-refractivity contribution in [2.24, 2.45) is 0 Å². The summed E-state index contributed by atoms with van der Waals surface area (Å²) < 4.78 is 6.78. The number of thiophene rings is 1. The minimum atomic E-state index is -0.325. The molecule has 0 aliphatic carbocycles. The van der Waals surface area contributed by atoms with Crippen molar-refractivity contribution in [3.8, 4) is 5.69 Å². The maximum Gasteiger partial charge on any atom is 0.311 e. The third-order valence-electron chi connectivity index (χ3n) is 3.14. The van der Waals surface area contributed by atoms with Crippen molar-refractivity contribution in [3.63, 3.8) is 0 Å². The minimum absolute atomic E-state index is 0.105. The average molecular weight is 361 g/mol. The number of amides is 1. The molecule has 6 nitrogen and oxygen atoms in total. The molecule has 3 rings (SSSR count). The van der Waals surface area contributed by atoms with Crippen molar-refractivity contribution < 1.29 is 14.3 Å². The maximum absolute atomic E-state index is 12.5. The van der Waals surface area contributed by atoms with Gasteiger partial charge in [0, 0.05) is 17.8 Å². The molecule has 0 saturated heterocycles. The van der Waals surface area contributed by atoms with Crippen LogP contribution >= 0.6 is 22.7 Å². The van der Waals surface area contributed by atoms with Crippen molar-refractivity contribution in [3.05, 3.63) is 51.9 Å². The second-order valence-electron chi connectivity index (χ2n) is 4.81. The zero-order valence-corrected chi connectivity index (χ0v) is 14.5. The highest BCUT2D eigenvalue weighted by Crippen LogP contribution is 2.24. The van der Waals surface area contributed by atoms with Crippen molar-refractivity contribution in [1.82, 2.24) is 9.55 Å². The zero-order chi connectivity index (χ0) is 16.9. The molecule has 8 heteroatoms. The molecule has 0 saturated carbocycles. The van der Waals surface area contributed by atoms with Gasteiger partial charge >= 0.3 is 5.97 Å². The van der Waals surface area contributed by atoms with E-state index in [2.05, 4.69) is 10.3 Å². The molecule has 0 fully saturated rings. The van der Waals surface area contributed by atoms with Gasteiger partial charge in [-0.1, -0.05) is 0 Å². The summed E-state index contributed by atoms with van der Waals surface area (Å²) in [6.45, 7) is 2.10. The van der Waals surface area contributed by atoms with E-state index in [9.17, 15) is 9.59 Å². The van der Waals surface area contributed by atoms with Gasteiger partial charge in [-0.3, -0.25) is 14.9 Å². The van der Waals surface area contributed by atoms with E-state index in [1.54, 1.807) is 12.3 Å². The van der Waals surface area contributed by atoms with Gasteiger partial charge in [0.05, 0.1) is 24.4 Å². The Labute approximate surface area is 146 Å². The first-order valence-corrected chi connectivity index (χ1v) is 9.05. The summed E-state index contributed by atoms with van der Waals surface area (Å²) in [5.74, 6) is -0.542. The molecule has 1 N–H and O–H groups in total. The highest BCUT2D eigenvalue weighted by Gasteiger charge is 2.16. The van der Waals surface area contributed by atoms with Crippen molar-refractivity contribution >= 4 is 39.7 Å². The highest BCUT2D eigenvalue weighted by atomic mass is 32.1. The molecule has 1 amide bonds. The molecule has 0 aliphatic rings. The quantitative estimate of drug-likeness (QED) is 0.683. The van der Waals surface area contributed by atoms with E-state index in [4.69, 9.17) is 4.74 Å². The topological polar surface area (TPSA) is 73.2 Å². The fraction of sp³-hybridized carbons (Fsp3) is 0.188. The van der Waals surface area contributed by atoms with E-state index in [-0.39, 0.29) is 18.3 Å². The summed E-state index contributed by atoms with van der Waals surface area (Å²) in [5, 5.41) is 6.87. The smallest absolute Gasteiger partial charge is 0.311 e. The number of anilines is 1. The molecule has 0 unspecified atom stereocenters. The molecule has 3 heterocycles. The molecule has 0 radical (unpaired) electrons. The number of nitrogens with zero attached hydrogens (tertiary/aromatic N) is 2. The van der Waals surface area contributed by atoms with Crippen LogP contribution in [0.25, 0.3) is 5.69 Å². The largest absolute Gasteiger partial charge is 0.466 e. The number of carbonyl (C=O) groups excluding carboxylic acids is 2. The molecular weight excluding hydrogens is 346 g/mol. The lowest BCUT2D eigenvalue weighted by Crippen LogP contribution is -2.13. The van der Waals surface area contributed by atoms with E-state index in [1.165, 1.54) is 22.7 Å². The van der Waals surface area contributed by atoms with Gasteiger partial charge in [-0.25, -0.2) is 4.98 Å². The Balaban J connectivity index is 1.69. The number of carbonyl (C=O) groups is 2. The number of hydrogen-bond acceptors (Lipinski definition) is 6. The lowest BCUT2D eigenvalue weighted by Gasteiger charge is -2.04.